The van der Waals surface area contributed by atoms with Crippen LogP contribution in [0, 0.1) is 15.9 Å². The summed E-state index contributed by atoms with van der Waals surface area (Å²) in [5.41, 5.74) is -0.572. The zero-order valence-electron chi connectivity index (χ0n) is 9.50. The number of nitro groups is 1. The number of alkyl halides is 2. The first kappa shape index (κ1) is 14.0. The lowest BCUT2D eigenvalue weighted by Gasteiger charge is -2.21. The molecule has 0 atom stereocenters. The van der Waals surface area contributed by atoms with Gasteiger partial charge in [0.2, 0.25) is 0 Å². The summed E-state index contributed by atoms with van der Waals surface area (Å²) in [4.78, 5) is 13.7. The minimum Gasteiger partial charge on any atom is -0.258 e. The van der Waals surface area contributed by atoms with Crippen LogP contribution in [0.2, 0.25) is 0 Å². The molecule has 2 rings (SSSR count). The molecule has 0 spiro atoms. The van der Waals surface area contributed by atoms with Gasteiger partial charge in [-0.2, -0.15) is 0 Å². The zero-order chi connectivity index (χ0) is 14.2. The molecule has 1 aromatic rings. The number of rotatable bonds is 2. The molecule has 0 saturated heterocycles. The normalized spacial score (nSPS) is 18.0. The van der Waals surface area contributed by atoms with Gasteiger partial charge >= 0.3 is 5.69 Å². The predicted octanol–water partition coefficient (Wildman–Crippen LogP) is 4.09. The summed E-state index contributed by atoms with van der Waals surface area (Å²) >= 11 is 2.88. The van der Waals surface area contributed by atoms with Gasteiger partial charge in [-0.25, -0.2) is 18.2 Å². The molecule has 0 radical (unpaired) electrons. The Morgan fingerprint density at radius 1 is 1.47 bits per heavy atom. The Morgan fingerprint density at radius 3 is 2.68 bits per heavy atom. The van der Waals surface area contributed by atoms with Crippen molar-refractivity contribution in [3.8, 4) is 0 Å². The first-order valence-electron chi connectivity index (χ1n) is 5.37. The molecule has 4 nitrogen and oxygen atoms in total. The fourth-order valence-electron chi connectivity index (χ4n) is 1.95. The van der Waals surface area contributed by atoms with Gasteiger partial charge in [0, 0.05) is 12.8 Å². The standard InChI is InChI=1S/C11H8BrF3N2O2/c12-10-9(17(18)19)8(7(13)5-16-10)6-1-3-11(14,15)4-2-6/h1,5H,2-4H2. The highest BCUT2D eigenvalue weighted by molar-refractivity contribution is 9.10. The number of halogens is 4. The average Bonchev–Trinajstić information content (AvgIpc) is 2.32. The predicted molar refractivity (Wildman–Crippen MR) is 65.3 cm³/mol. The maximum Gasteiger partial charge on any atom is 0.312 e. The van der Waals surface area contributed by atoms with Crippen LogP contribution < -0.4 is 0 Å². The highest BCUT2D eigenvalue weighted by Gasteiger charge is 2.34. The second-order valence-electron chi connectivity index (χ2n) is 4.17. The molecular formula is C11H8BrF3N2O2. The summed E-state index contributed by atoms with van der Waals surface area (Å²) in [6.07, 6.45) is 0.886. The lowest BCUT2D eigenvalue weighted by molar-refractivity contribution is -0.386. The molecule has 1 aliphatic rings. The molecule has 1 aromatic heterocycles. The summed E-state index contributed by atoms with van der Waals surface area (Å²) < 4.78 is 39.7. The van der Waals surface area contributed by atoms with Crippen molar-refractivity contribution >= 4 is 27.2 Å². The van der Waals surface area contributed by atoms with Gasteiger partial charge in [0.1, 0.15) is 0 Å². The van der Waals surface area contributed by atoms with Gasteiger partial charge in [-0.15, -0.1) is 0 Å². The second-order valence-corrected chi connectivity index (χ2v) is 4.92. The van der Waals surface area contributed by atoms with E-state index in [1.165, 1.54) is 0 Å². The van der Waals surface area contributed by atoms with Crippen molar-refractivity contribution in [1.29, 1.82) is 0 Å². The fraction of sp³-hybridized carbons (Fsp3) is 0.364. The molecule has 0 bridgehead atoms. The van der Waals surface area contributed by atoms with E-state index in [2.05, 4.69) is 20.9 Å². The van der Waals surface area contributed by atoms with Gasteiger partial charge in [-0.1, -0.05) is 6.08 Å². The molecule has 1 heterocycles. The number of allylic oxidation sites excluding steroid dienone is 2. The number of aromatic nitrogens is 1. The lowest BCUT2D eigenvalue weighted by atomic mass is 9.91. The van der Waals surface area contributed by atoms with E-state index in [0.29, 0.717) is 0 Å². The van der Waals surface area contributed by atoms with Crippen molar-refractivity contribution in [1.82, 2.24) is 4.98 Å². The minimum absolute atomic E-state index is 0.110. The molecule has 0 unspecified atom stereocenters. The van der Waals surface area contributed by atoms with Crippen LogP contribution in [-0.4, -0.2) is 15.8 Å². The molecule has 0 amide bonds. The van der Waals surface area contributed by atoms with Crippen LogP contribution in [-0.2, 0) is 0 Å². The van der Waals surface area contributed by atoms with Crippen molar-refractivity contribution in [2.24, 2.45) is 0 Å². The van der Waals surface area contributed by atoms with Crippen molar-refractivity contribution in [3.05, 3.63) is 38.4 Å². The molecule has 19 heavy (non-hydrogen) atoms. The third-order valence-electron chi connectivity index (χ3n) is 2.87. The summed E-state index contributed by atoms with van der Waals surface area (Å²) in [5, 5.41) is 11.0. The Hall–Kier alpha value is -1.44. The molecule has 8 heteroatoms. The third-order valence-corrected chi connectivity index (χ3v) is 3.45. The summed E-state index contributed by atoms with van der Waals surface area (Å²) in [7, 11) is 0. The van der Waals surface area contributed by atoms with Gasteiger partial charge in [0.15, 0.2) is 10.4 Å². The van der Waals surface area contributed by atoms with E-state index in [1.54, 1.807) is 0 Å². The first-order valence-corrected chi connectivity index (χ1v) is 6.17. The maximum absolute atomic E-state index is 13.8. The molecule has 0 saturated carbocycles. The van der Waals surface area contributed by atoms with Gasteiger partial charge < -0.3 is 0 Å². The quantitative estimate of drug-likeness (QED) is 0.464. The molecule has 0 aliphatic heterocycles. The number of pyridine rings is 1. The second kappa shape index (κ2) is 4.92. The number of hydrogen-bond acceptors (Lipinski definition) is 3. The van der Waals surface area contributed by atoms with E-state index in [9.17, 15) is 23.3 Å². The van der Waals surface area contributed by atoms with Crippen molar-refractivity contribution < 1.29 is 18.1 Å². The first-order chi connectivity index (χ1) is 8.82. The molecule has 102 valence electrons. The fourth-order valence-corrected chi connectivity index (χ4v) is 2.39. The van der Waals surface area contributed by atoms with Gasteiger partial charge in [-0.05, 0) is 27.9 Å². The minimum atomic E-state index is -2.83. The van der Waals surface area contributed by atoms with Crippen LogP contribution in [0.3, 0.4) is 0 Å². The molecule has 0 N–H and O–H groups in total. The molecule has 0 aromatic carbocycles. The summed E-state index contributed by atoms with van der Waals surface area (Å²) in [6.45, 7) is 0. The van der Waals surface area contributed by atoms with Crippen LogP contribution in [0.4, 0.5) is 18.9 Å². The smallest absolute Gasteiger partial charge is 0.258 e. The summed E-state index contributed by atoms with van der Waals surface area (Å²) in [5.74, 6) is -3.72. The Labute approximate surface area is 114 Å². The van der Waals surface area contributed by atoms with Crippen molar-refractivity contribution in [2.45, 2.75) is 25.2 Å². The van der Waals surface area contributed by atoms with Gasteiger partial charge in [0.05, 0.1) is 16.7 Å². The van der Waals surface area contributed by atoms with Gasteiger partial charge in [0.25, 0.3) is 5.92 Å². The van der Waals surface area contributed by atoms with Crippen molar-refractivity contribution in [2.75, 3.05) is 0 Å². The van der Waals surface area contributed by atoms with E-state index in [1.807, 2.05) is 0 Å². The molecule has 1 aliphatic carbocycles. The molecular weight excluding hydrogens is 329 g/mol. The monoisotopic (exact) mass is 336 g/mol. The van der Waals surface area contributed by atoms with Gasteiger partial charge in [-0.3, -0.25) is 10.1 Å². The zero-order valence-corrected chi connectivity index (χ0v) is 11.1. The Morgan fingerprint density at radius 2 is 2.16 bits per heavy atom. The van der Waals surface area contributed by atoms with Crippen LogP contribution in [0.1, 0.15) is 24.8 Å². The van der Waals surface area contributed by atoms with E-state index < -0.39 is 35.2 Å². The number of nitrogens with zero attached hydrogens (tertiary/aromatic N) is 2. The number of hydrogen-bond donors (Lipinski definition) is 0. The van der Waals surface area contributed by atoms with E-state index in [-0.39, 0.29) is 22.2 Å². The van der Waals surface area contributed by atoms with Crippen LogP contribution in [0.5, 0.6) is 0 Å². The van der Waals surface area contributed by atoms with E-state index in [0.717, 1.165) is 12.3 Å². The Bertz CT molecular complexity index is 575. The SMILES string of the molecule is O=[N+]([O-])c1c(Br)ncc(F)c1C1=CCC(F)(F)CC1. The Balaban J connectivity index is 2.54. The third kappa shape index (κ3) is 2.78. The molecule has 0 fully saturated rings. The lowest BCUT2D eigenvalue weighted by Crippen LogP contribution is -2.18. The van der Waals surface area contributed by atoms with E-state index >= 15 is 0 Å². The maximum atomic E-state index is 13.8. The van der Waals surface area contributed by atoms with Crippen LogP contribution in [0.15, 0.2) is 16.9 Å². The highest BCUT2D eigenvalue weighted by atomic mass is 79.9. The summed E-state index contributed by atoms with van der Waals surface area (Å²) in [6, 6.07) is 0. The van der Waals surface area contributed by atoms with Crippen molar-refractivity contribution in [3.63, 3.8) is 0 Å². The Kier molecular flexibility index (Phi) is 3.62. The van der Waals surface area contributed by atoms with Crippen LogP contribution >= 0.6 is 15.9 Å². The highest BCUT2D eigenvalue weighted by Crippen LogP contribution is 2.41. The van der Waals surface area contributed by atoms with E-state index in [4.69, 9.17) is 0 Å². The topological polar surface area (TPSA) is 56.0 Å². The average molecular weight is 337 g/mol. The largest absolute Gasteiger partial charge is 0.312 e. The van der Waals surface area contributed by atoms with Crippen LogP contribution in [0.25, 0.3) is 5.57 Å².